The minimum Gasteiger partial charge on any atom is -0.428 e. The zero-order valence-corrected chi connectivity index (χ0v) is 14.7. The molecule has 1 atom stereocenters. The van der Waals surface area contributed by atoms with Crippen molar-refractivity contribution in [2.75, 3.05) is 19.8 Å². The summed E-state index contributed by atoms with van der Waals surface area (Å²) in [5.74, 6) is -0.0909. The summed E-state index contributed by atoms with van der Waals surface area (Å²) in [6, 6.07) is 9.96. The summed E-state index contributed by atoms with van der Waals surface area (Å²) in [5.41, 5.74) is 1.79. The van der Waals surface area contributed by atoms with Crippen LogP contribution in [0.5, 0.6) is 0 Å². The molecule has 2 rings (SSSR count). The molecule has 1 heterocycles. The molecule has 0 aromatic heterocycles. The lowest BCUT2D eigenvalue weighted by atomic mass is 10.1. The molecular formula is C19H25N3O3. The standard InChI is InChI=1S/C19H25N3O3/c1-3-20-18(23)17-9-11-22(12-10-17)14-25-19(24)21-15(2)13-16-7-5-4-6-8-16/h4-11,15H,3,12-14H2,1-2H3,(H,20,23)(H,21,24)/t15-/m0/s1. The van der Waals surface area contributed by atoms with Crippen LogP contribution in [0, 0.1) is 0 Å². The maximum atomic E-state index is 11.9. The largest absolute Gasteiger partial charge is 0.428 e. The van der Waals surface area contributed by atoms with Crippen LogP contribution in [0.3, 0.4) is 0 Å². The number of hydrogen-bond donors (Lipinski definition) is 2. The fourth-order valence-corrected chi connectivity index (χ4v) is 2.46. The first-order valence-electron chi connectivity index (χ1n) is 8.46. The maximum Gasteiger partial charge on any atom is 0.409 e. The quantitative estimate of drug-likeness (QED) is 0.796. The van der Waals surface area contributed by atoms with Gasteiger partial charge in [0.25, 0.3) is 5.91 Å². The Morgan fingerprint density at radius 2 is 2.04 bits per heavy atom. The fourth-order valence-electron chi connectivity index (χ4n) is 2.46. The Morgan fingerprint density at radius 3 is 2.68 bits per heavy atom. The molecule has 6 heteroatoms. The van der Waals surface area contributed by atoms with Gasteiger partial charge in [-0.05, 0) is 31.9 Å². The van der Waals surface area contributed by atoms with Gasteiger partial charge in [-0.3, -0.25) is 4.79 Å². The normalized spacial score (nSPS) is 14.5. The summed E-state index contributed by atoms with van der Waals surface area (Å²) in [4.78, 5) is 25.4. The van der Waals surface area contributed by atoms with Gasteiger partial charge < -0.3 is 20.3 Å². The number of nitrogens with one attached hydrogen (secondary N) is 2. The van der Waals surface area contributed by atoms with Crippen molar-refractivity contribution in [3.05, 3.63) is 59.8 Å². The molecule has 134 valence electrons. The van der Waals surface area contributed by atoms with Crippen LogP contribution in [0.4, 0.5) is 4.79 Å². The highest BCUT2D eigenvalue weighted by molar-refractivity contribution is 5.96. The van der Waals surface area contributed by atoms with E-state index in [1.54, 1.807) is 12.3 Å². The number of alkyl carbamates (subject to hydrolysis) is 1. The summed E-state index contributed by atoms with van der Waals surface area (Å²) in [6.07, 6.45) is 5.58. The van der Waals surface area contributed by atoms with Crippen molar-refractivity contribution in [1.82, 2.24) is 15.5 Å². The van der Waals surface area contributed by atoms with Gasteiger partial charge in [0.2, 0.25) is 0 Å². The first-order chi connectivity index (χ1) is 12.1. The van der Waals surface area contributed by atoms with Gasteiger partial charge in [0, 0.05) is 30.9 Å². The van der Waals surface area contributed by atoms with Crippen LogP contribution in [-0.4, -0.2) is 42.8 Å². The number of amides is 2. The molecule has 0 fully saturated rings. The van der Waals surface area contributed by atoms with E-state index in [2.05, 4.69) is 10.6 Å². The fraction of sp³-hybridized carbons (Fsp3) is 0.368. The average molecular weight is 343 g/mol. The molecule has 0 unspecified atom stereocenters. The van der Waals surface area contributed by atoms with E-state index < -0.39 is 6.09 Å². The van der Waals surface area contributed by atoms with E-state index >= 15 is 0 Å². The van der Waals surface area contributed by atoms with Crippen LogP contribution in [0.1, 0.15) is 19.4 Å². The topological polar surface area (TPSA) is 70.7 Å². The average Bonchev–Trinajstić information content (AvgIpc) is 2.61. The van der Waals surface area contributed by atoms with Gasteiger partial charge in [0.15, 0.2) is 6.73 Å². The molecule has 0 bridgehead atoms. The Bertz CT molecular complexity index is 641. The highest BCUT2D eigenvalue weighted by atomic mass is 16.6. The van der Waals surface area contributed by atoms with Crippen LogP contribution >= 0.6 is 0 Å². The molecule has 0 radical (unpaired) electrons. The number of carbonyl (C=O) groups excluding carboxylic acids is 2. The molecule has 2 N–H and O–H groups in total. The summed E-state index contributed by atoms with van der Waals surface area (Å²) < 4.78 is 5.23. The molecule has 1 aliphatic heterocycles. The van der Waals surface area contributed by atoms with Gasteiger partial charge in [-0.15, -0.1) is 0 Å². The summed E-state index contributed by atoms with van der Waals surface area (Å²) in [6.45, 7) is 5.08. The molecule has 6 nitrogen and oxygen atoms in total. The number of hydrogen-bond acceptors (Lipinski definition) is 4. The Hall–Kier alpha value is -2.76. The molecule has 1 aliphatic rings. The highest BCUT2D eigenvalue weighted by Gasteiger charge is 2.13. The minimum absolute atomic E-state index is 0.0176. The number of ether oxygens (including phenoxy) is 1. The Morgan fingerprint density at radius 1 is 1.28 bits per heavy atom. The van der Waals surface area contributed by atoms with Crippen LogP contribution in [-0.2, 0) is 16.0 Å². The first-order valence-corrected chi connectivity index (χ1v) is 8.46. The number of carbonyl (C=O) groups is 2. The lowest BCUT2D eigenvalue weighted by Crippen LogP contribution is -2.37. The van der Waals surface area contributed by atoms with Gasteiger partial charge in [-0.25, -0.2) is 4.79 Å². The molecular weight excluding hydrogens is 318 g/mol. The number of benzene rings is 1. The van der Waals surface area contributed by atoms with Gasteiger partial charge in [-0.2, -0.15) is 0 Å². The van der Waals surface area contributed by atoms with E-state index in [4.69, 9.17) is 4.74 Å². The zero-order chi connectivity index (χ0) is 18.1. The van der Waals surface area contributed by atoms with Crippen molar-refractivity contribution >= 4 is 12.0 Å². The van der Waals surface area contributed by atoms with Gasteiger partial charge in [-0.1, -0.05) is 36.4 Å². The molecule has 1 aromatic rings. The van der Waals surface area contributed by atoms with Crippen molar-refractivity contribution in [1.29, 1.82) is 0 Å². The third-order valence-electron chi connectivity index (χ3n) is 3.72. The summed E-state index contributed by atoms with van der Waals surface area (Å²) >= 11 is 0. The van der Waals surface area contributed by atoms with E-state index in [0.29, 0.717) is 18.7 Å². The van der Waals surface area contributed by atoms with Crippen molar-refractivity contribution in [3.63, 3.8) is 0 Å². The Labute approximate surface area is 148 Å². The van der Waals surface area contributed by atoms with E-state index in [0.717, 1.165) is 12.0 Å². The highest BCUT2D eigenvalue weighted by Crippen LogP contribution is 2.07. The number of nitrogens with zero attached hydrogens (tertiary/aromatic N) is 1. The van der Waals surface area contributed by atoms with Gasteiger partial charge in [0.1, 0.15) is 0 Å². The van der Waals surface area contributed by atoms with Crippen molar-refractivity contribution in [2.24, 2.45) is 0 Å². The van der Waals surface area contributed by atoms with E-state index in [-0.39, 0.29) is 18.7 Å². The van der Waals surface area contributed by atoms with Crippen LogP contribution in [0.25, 0.3) is 0 Å². The van der Waals surface area contributed by atoms with E-state index in [1.807, 2.05) is 55.2 Å². The summed E-state index contributed by atoms with van der Waals surface area (Å²) in [7, 11) is 0. The predicted octanol–water partition coefficient (Wildman–Crippen LogP) is 2.19. The van der Waals surface area contributed by atoms with Crippen LogP contribution < -0.4 is 10.6 Å². The van der Waals surface area contributed by atoms with Crippen molar-refractivity contribution < 1.29 is 14.3 Å². The second-order valence-corrected chi connectivity index (χ2v) is 5.90. The van der Waals surface area contributed by atoms with Crippen molar-refractivity contribution in [3.8, 4) is 0 Å². The van der Waals surface area contributed by atoms with Gasteiger partial charge >= 0.3 is 6.09 Å². The SMILES string of the molecule is CCNC(=O)C1=CCN(COC(=O)N[C@@H](C)Cc2ccccc2)C=C1. The molecule has 0 saturated carbocycles. The molecule has 0 spiro atoms. The second kappa shape index (κ2) is 9.52. The first kappa shape index (κ1) is 18.6. The van der Waals surface area contributed by atoms with Crippen LogP contribution in [0.2, 0.25) is 0 Å². The second-order valence-electron chi connectivity index (χ2n) is 5.90. The Balaban J connectivity index is 1.69. The third kappa shape index (κ3) is 6.33. The Kier molecular flexibility index (Phi) is 7.07. The smallest absolute Gasteiger partial charge is 0.409 e. The molecule has 2 amide bonds. The van der Waals surface area contributed by atoms with E-state index in [1.165, 1.54) is 0 Å². The predicted molar refractivity (Wildman–Crippen MR) is 96.7 cm³/mol. The molecule has 0 saturated heterocycles. The summed E-state index contributed by atoms with van der Waals surface area (Å²) in [5, 5.41) is 5.57. The third-order valence-corrected chi connectivity index (χ3v) is 3.72. The minimum atomic E-state index is -0.449. The van der Waals surface area contributed by atoms with E-state index in [9.17, 15) is 9.59 Å². The maximum absolute atomic E-state index is 11.9. The van der Waals surface area contributed by atoms with Crippen LogP contribution in [0.15, 0.2) is 54.3 Å². The van der Waals surface area contributed by atoms with Crippen molar-refractivity contribution in [2.45, 2.75) is 26.3 Å². The molecule has 25 heavy (non-hydrogen) atoms. The van der Waals surface area contributed by atoms with Gasteiger partial charge in [0.05, 0.1) is 0 Å². The number of likely N-dealkylation sites (N-methyl/N-ethyl adjacent to an activating group) is 1. The molecule has 0 aliphatic carbocycles. The zero-order valence-electron chi connectivity index (χ0n) is 14.7. The lowest BCUT2D eigenvalue weighted by Gasteiger charge is -2.22. The lowest BCUT2D eigenvalue weighted by molar-refractivity contribution is -0.117. The molecule has 1 aromatic carbocycles. The number of rotatable bonds is 7. The monoisotopic (exact) mass is 343 g/mol.